The zero-order chi connectivity index (χ0) is 16.9. The van der Waals surface area contributed by atoms with Crippen LogP contribution in [0.1, 0.15) is 16.2 Å². The van der Waals surface area contributed by atoms with Gasteiger partial charge < -0.3 is 19.2 Å². The number of rotatable bonds is 5. The normalized spacial score (nSPS) is 15.5. The van der Waals surface area contributed by atoms with E-state index in [-0.39, 0.29) is 5.91 Å². The van der Waals surface area contributed by atoms with Crippen LogP contribution in [-0.4, -0.2) is 72.7 Å². The van der Waals surface area contributed by atoms with E-state index in [9.17, 15) is 4.79 Å². The Labute approximate surface area is 141 Å². The summed E-state index contributed by atoms with van der Waals surface area (Å²) in [6.45, 7) is 4.74. The minimum absolute atomic E-state index is 0.00317. The van der Waals surface area contributed by atoms with Gasteiger partial charge in [-0.2, -0.15) is 4.98 Å². The van der Waals surface area contributed by atoms with Gasteiger partial charge in [-0.1, -0.05) is 5.16 Å². The van der Waals surface area contributed by atoms with E-state index < -0.39 is 0 Å². The molecule has 0 saturated carbocycles. The smallest absolute Gasteiger partial charge is 0.253 e. The first-order valence-electron chi connectivity index (χ1n) is 8.18. The first-order chi connectivity index (χ1) is 11.6. The van der Waals surface area contributed by atoms with Gasteiger partial charge in [0.1, 0.15) is 0 Å². The summed E-state index contributed by atoms with van der Waals surface area (Å²) in [5.74, 6) is 0.614. The van der Waals surface area contributed by atoms with Crippen LogP contribution in [0.3, 0.4) is 0 Å². The summed E-state index contributed by atoms with van der Waals surface area (Å²) in [4.78, 5) is 22.8. The molecule has 1 aliphatic heterocycles. The molecule has 1 amide bonds. The Morgan fingerprint density at radius 3 is 2.54 bits per heavy atom. The average molecular weight is 329 g/mol. The molecule has 1 aromatic heterocycles. The molecule has 1 saturated heterocycles. The molecule has 0 spiro atoms. The van der Waals surface area contributed by atoms with Crippen molar-refractivity contribution in [2.24, 2.45) is 0 Å². The van der Waals surface area contributed by atoms with Crippen molar-refractivity contribution >= 4 is 11.6 Å². The van der Waals surface area contributed by atoms with Crippen molar-refractivity contribution < 1.29 is 9.32 Å². The highest BCUT2D eigenvalue weighted by atomic mass is 16.5. The van der Waals surface area contributed by atoms with Gasteiger partial charge in [0.2, 0.25) is 6.39 Å². The second-order valence-electron chi connectivity index (χ2n) is 6.16. The van der Waals surface area contributed by atoms with Crippen LogP contribution in [0, 0.1) is 0 Å². The van der Waals surface area contributed by atoms with E-state index >= 15 is 0 Å². The van der Waals surface area contributed by atoms with Gasteiger partial charge in [-0.25, -0.2) is 0 Å². The molecule has 2 heterocycles. The number of anilines is 1. The third-order valence-electron chi connectivity index (χ3n) is 4.41. The van der Waals surface area contributed by atoms with Crippen molar-refractivity contribution in [3.8, 4) is 0 Å². The maximum atomic E-state index is 12.5. The standard InChI is InChI=1S/C17H23N5O2/c1-20-9-11-22(12-10-20)15-5-3-14(4-6-15)17(23)21(2)8-7-16-18-13-24-19-16/h3-6,13H,7-12H2,1-2H3. The van der Waals surface area contributed by atoms with Gasteiger partial charge in [0.05, 0.1) is 0 Å². The molecule has 3 rings (SSSR count). The largest absolute Gasteiger partial charge is 0.369 e. The molecule has 0 aliphatic carbocycles. The fourth-order valence-electron chi connectivity index (χ4n) is 2.77. The molecule has 0 atom stereocenters. The second-order valence-corrected chi connectivity index (χ2v) is 6.16. The highest BCUT2D eigenvalue weighted by molar-refractivity contribution is 5.94. The van der Waals surface area contributed by atoms with Crippen molar-refractivity contribution in [2.75, 3.05) is 51.7 Å². The highest BCUT2D eigenvalue weighted by Gasteiger charge is 2.16. The van der Waals surface area contributed by atoms with E-state index in [2.05, 4.69) is 27.0 Å². The molecular formula is C17H23N5O2. The number of piperazine rings is 1. The fourth-order valence-corrected chi connectivity index (χ4v) is 2.77. The molecule has 128 valence electrons. The maximum Gasteiger partial charge on any atom is 0.253 e. The van der Waals surface area contributed by atoms with Crippen molar-refractivity contribution in [2.45, 2.75) is 6.42 Å². The summed E-state index contributed by atoms with van der Waals surface area (Å²) >= 11 is 0. The highest BCUT2D eigenvalue weighted by Crippen LogP contribution is 2.17. The molecule has 0 radical (unpaired) electrons. The van der Waals surface area contributed by atoms with Crippen molar-refractivity contribution in [1.82, 2.24) is 19.9 Å². The second kappa shape index (κ2) is 7.44. The summed E-state index contributed by atoms with van der Waals surface area (Å²) in [7, 11) is 3.93. The van der Waals surface area contributed by atoms with Crippen LogP contribution in [0.15, 0.2) is 35.2 Å². The minimum Gasteiger partial charge on any atom is -0.369 e. The lowest BCUT2D eigenvalue weighted by Gasteiger charge is -2.34. The molecule has 1 fully saturated rings. The van der Waals surface area contributed by atoms with E-state index in [4.69, 9.17) is 4.52 Å². The number of amides is 1. The lowest BCUT2D eigenvalue weighted by molar-refractivity contribution is 0.0796. The summed E-state index contributed by atoms with van der Waals surface area (Å²) in [6, 6.07) is 7.87. The van der Waals surface area contributed by atoms with Gasteiger partial charge in [0.15, 0.2) is 5.82 Å². The van der Waals surface area contributed by atoms with Gasteiger partial charge in [-0.15, -0.1) is 0 Å². The zero-order valence-corrected chi connectivity index (χ0v) is 14.2. The quantitative estimate of drug-likeness (QED) is 0.819. The Bertz CT molecular complexity index is 648. The van der Waals surface area contributed by atoms with Crippen molar-refractivity contribution in [1.29, 1.82) is 0 Å². The van der Waals surface area contributed by atoms with Gasteiger partial charge >= 0.3 is 0 Å². The van der Waals surface area contributed by atoms with Crippen LogP contribution in [0.5, 0.6) is 0 Å². The van der Waals surface area contributed by atoms with Crippen LogP contribution in [0.4, 0.5) is 5.69 Å². The van der Waals surface area contributed by atoms with Crippen LogP contribution in [0.2, 0.25) is 0 Å². The maximum absolute atomic E-state index is 12.5. The molecule has 7 heteroatoms. The van der Waals surface area contributed by atoms with Crippen LogP contribution in [0.25, 0.3) is 0 Å². The zero-order valence-electron chi connectivity index (χ0n) is 14.2. The lowest BCUT2D eigenvalue weighted by Crippen LogP contribution is -2.44. The Hall–Kier alpha value is -2.41. The number of likely N-dealkylation sites (N-methyl/N-ethyl adjacent to an activating group) is 2. The Morgan fingerprint density at radius 2 is 1.92 bits per heavy atom. The number of nitrogens with zero attached hydrogens (tertiary/aromatic N) is 5. The van der Waals surface area contributed by atoms with Gasteiger partial charge in [-0.05, 0) is 31.3 Å². The lowest BCUT2D eigenvalue weighted by atomic mass is 10.1. The van der Waals surface area contributed by atoms with Crippen molar-refractivity contribution in [3.05, 3.63) is 42.0 Å². The molecule has 7 nitrogen and oxygen atoms in total. The molecule has 2 aromatic rings. The van der Waals surface area contributed by atoms with E-state index in [1.165, 1.54) is 12.1 Å². The van der Waals surface area contributed by atoms with Gasteiger partial charge in [-0.3, -0.25) is 4.79 Å². The van der Waals surface area contributed by atoms with E-state index in [1.807, 2.05) is 24.3 Å². The van der Waals surface area contributed by atoms with E-state index in [0.29, 0.717) is 24.4 Å². The number of hydrogen-bond donors (Lipinski definition) is 0. The number of carbonyl (C=O) groups excluding carboxylic acids is 1. The number of aromatic nitrogens is 2. The Morgan fingerprint density at radius 1 is 1.21 bits per heavy atom. The molecule has 0 bridgehead atoms. The van der Waals surface area contributed by atoms with Crippen molar-refractivity contribution in [3.63, 3.8) is 0 Å². The fraction of sp³-hybridized carbons (Fsp3) is 0.471. The SMILES string of the molecule is CN1CCN(c2ccc(C(=O)N(C)CCc3ncon3)cc2)CC1. The third-order valence-corrected chi connectivity index (χ3v) is 4.41. The molecule has 24 heavy (non-hydrogen) atoms. The Balaban J connectivity index is 1.57. The number of carbonyl (C=O) groups is 1. The van der Waals surface area contributed by atoms with Gasteiger partial charge in [0.25, 0.3) is 5.91 Å². The van der Waals surface area contributed by atoms with E-state index in [1.54, 1.807) is 11.9 Å². The van der Waals surface area contributed by atoms with E-state index in [0.717, 1.165) is 26.2 Å². The first kappa shape index (κ1) is 16.4. The topological polar surface area (TPSA) is 65.7 Å². The Kier molecular flexibility index (Phi) is 5.10. The molecule has 0 N–H and O–H groups in total. The minimum atomic E-state index is 0.00317. The van der Waals surface area contributed by atoms with Crippen LogP contribution in [-0.2, 0) is 6.42 Å². The number of benzene rings is 1. The predicted octanol–water partition coefficient (Wildman–Crippen LogP) is 1.14. The molecule has 1 aliphatic rings. The monoisotopic (exact) mass is 329 g/mol. The summed E-state index contributed by atoms with van der Waals surface area (Å²) in [5.41, 5.74) is 1.87. The van der Waals surface area contributed by atoms with Crippen LogP contribution < -0.4 is 4.90 Å². The molecule has 1 aromatic carbocycles. The summed E-state index contributed by atoms with van der Waals surface area (Å²) < 4.78 is 4.70. The summed E-state index contributed by atoms with van der Waals surface area (Å²) in [6.07, 6.45) is 1.88. The first-order valence-corrected chi connectivity index (χ1v) is 8.18. The molecular weight excluding hydrogens is 306 g/mol. The third kappa shape index (κ3) is 3.91. The summed E-state index contributed by atoms with van der Waals surface area (Å²) in [5, 5.41) is 3.76. The number of hydrogen-bond acceptors (Lipinski definition) is 6. The predicted molar refractivity (Wildman–Crippen MR) is 91.1 cm³/mol. The molecule has 0 unspecified atom stereocenters. The van der Waals surface area contributed by atoms with Crippen LogP contribution >= 0.6 is 0 Å². The van der Waals surface area contributed by atoms with Gasteiger partial charge in [0, 0.05) is 57.4 Å². The average Bonchev–Trinajstić information content (AvgIpc) is 3.13.